The highest BCUT2D eigenvalue weighted by Crippen LogP contribution is 2.46. The number of hydrogen-bond acceptors (Lipinski definition) is 2. The number of ketones is 1. The van der Waals surface area contributed by atoms with Crippen molar-refractivity contribution in [3.05, 3.63) is 72.3 Å². The van der Waals surface area contributed by atoms with Crippen LogP contribution in [0.2, 0.25) is 0 Å². The van der Waals surface area contributed by atoms with Crippen molar-refractivity contribution >= 4 is 22.5 Å². The van der Waals surface area contributed by atoms with Gasteiger partial charge >= 0.3 is 5.97 Å². The van der Waals surface area contributed by atoms with Crippen LogP contribution in [0.5, 0.6) is 0 Å². The third kappa shape index (κ3) is 3.87. The largest absolute Gasteiger partial charge is 0.480 e. The molecule has 2 rings (SSSR count). The van der Waals surface area contributed by atoms with Gasteiger partial charge in [0.15, 0.2) is 5.78 Å². The number of fused-ring (bicyclic) bond motifs is 1. The minimum Gasteiger partial charge on any atom is -0.480 e. The molecule has 0 aromatic heterocycles. The first kappa shape index (κ1) is 20.6. The highest BCUT2D eigenvalue weighted by Gasteiger charge is 2.54. The highest BCUT2D eigenvalue weighted by molar-refractivity contribution is 6.13. The fourth-order valence-corrected chi connectivity index (χ4v) is 3.44. The Morgan fingerprint density at radius 3 is 2.26 bits per heavy atom. The first-order valence-corrected chi connectivity index (χ1v) is 9.19. The quantitative estimate of drug-likeness (QED) is 0.352. The molecule has 0 aliphatic carbocycles. The van der Waals surface area contributed by atoms with E-state index in [-0.39, 0.29) is 5.78 Å². The van der Waals surface area contributed by atoms with Gasteiger partial charge in [0.1, 0.15) is 5.41 Å². The Morgan fingerprint density at radius 1 is 1.07 bits per heavy atom. The zero-order chi connectivity index (χ0) is 20.2. The standard InChI is InChI=1S/C24H28O3/c1-6-23(4,15-9-10-17(2)3)24(5,22(26)27)21(25)20-14-13-18-11-7-8-12-19(18)16-20/h6-8,10-14,16H,1,9,15H2,2-5H3,(H,26,27). The SMILES string of the molecule is C=CC(C)(CCC=C(C)C)C(C)(C(=O)O)C(=O)c1ccc2ccccc2c1. The maximum atomic E-state index is 13.4. The Kier molecular flexibility index (Phi) is 6.04. The number of rotatable bonds is 8. The topological polar surface area (TPSA) is 54.4 Å². The molecular weight excluding hydrogens is 336 g/mol. The van der Waals surface area contributed by atoms with Crippen LogP contribution in [0.3, 0.4) is 0 Å². The fourth-order valence-electron chi connectivity index (χ4n) is 3.44. The molecule has 3 heteroatoms. The van der Waals surface area contributed by atoms with E-state index in [1.165, 1.54) is 12.5 Å². The van der Waals surface area contributed by atoms with Gasteiger partial charge in [0.25, 0.3) is 0 Å². The molecule has 0 radical (unpaired) electrons. The molecule has 0 heterocycles. The summed E-state index contributed by atoms with van der Waals surface area (Å²) in [6, 6.07) is 13.1. The number of carbonyl (C=O) groups excluding carboxylic acids is 1. The molecule has 0 fully saturated rings. The lowest BCUT2D eigenvalue weighted by molar-refractivity contribution is -0.150. The molecule has 27 heavy (non-hydrogen) atoms. The second-order valence-corrected chi connectivity index (χ2v) is 7.76. The first-order valence-electron chi connectivity index (χ1n) is 9.19. The summed E-state index contributed by atoms with van der Waals surface area (Å²) in [5.41, 5.74) is -0.909. The molecule has 142 valence electrons. The molecule has 0 bridgehead atoms. The van der Waals surface area contributed by atoms with Crippen LogP contribution in [0.15, 0.2) is 66.8 Å². The first-order chi connectivity index (χ1) is 12.7. The van der Waals surface area contributed by atoms with Gasteiger partial charge in [0, 0.05) is 11.0 Å². The molecule has 0 aliphatic rings. The molecule has 2 aromatic rings. The summed E-state index contributed by atoms with van der Waals surface area (Å²) in [7, 11) is 0. The Morgan fingerprint density at radius 2 is 1.70 bits per heavy atom. The Bertz CT molecular complexity index is 905. The Hall–Kier alpha value is -2.68. The number of carboxylic acids is 1. The number of carboxylic acid groups (broad SMARTS) is 1. The third-order valence-corrected chi connectivity index (χ3v) is 5.70. The average molecular weight is 364 g/mol. The van der Waals surface area contributed by atoms with Gasteiger partial charge in [-0.1, -0.05) is 61.0 Å². The predicted molar refractivity (Wildman–Crippen MR) is 111 cm³/mol. The van der Waals surface area contributed by atoms with Gasteiger partial charge in [-0.3, -0.25) is 9.59 Å². The van der Waals surface area contributed by atoms with E-state index in [9.17, 15) is 14.7 Å². The summed E-state index contributed by atoms with van der Waals surface area (Å²) in [5.74, 6) is -1.51. The van der Waals surface area contributed by atoms with Crippen molar-refractivity contribution in [2.45, 2.75) is 40.5 Å². The van der Waals surface area contributed by atoms with Gasteiger partial charge in [-0.25, -0.2) is 0 Å². The lowest BCUT2D eigenvalue weighted by Gasteiger charge is -2.40. The van der Waals surface area contributed by atoms with Gasteiger partial charge in [-0.05, 0) is 50.5 Å². The number of Topliss-reactive ketones (excluding diaryl/α,β-unsaturated/α-hetero) is 1. The van der Waals surface area contributed by atoms with Crippen LogP contribution in [0.4, 0.5) is 0 Å². The predicted octanol–water partition coefficient (Wildman–Crippen LogP) is 6.05. The van der Waals surface area contributed by atoms with E-state index in [4.69, 9.17) is 0 Å². The van der Waals surface area contributed by atoms with Crippen LogP contribution in [0, 0.1) is 10.8 Å². The van der Waals surface area contributed by atoms with Gasteiger partial charge in [-0.15, -0.1) is 6.58 Å². The van der Waals surface area contributed by atoms with Crippen LogP contribution in [0.25, 0.3) is 10.8 Å². The van der Waals surface area contributed by atoms with Gasteiger partial charge in [-0.2, -0.15) is 0 Å². The van der Waals surface area contributed by atoms with E-state index in [1.54, 1.807) is 18.2 Å². The summed E-state index contributed by atoms with van der Waals surface area (Å²) in [5, 5.41) is 12.0. The molecule has 2 aromatic carbocycles. The van der Waals surface area contributed by atoms with E-state index < -0.39 is 16.8 Å². The Labute approximate surface area is 161 Å². The maximum absolute atomic E-state index is 13.4. The average Bonchev–Trinajstić information content (AvgIpc) is 2.65. The highest BCUT2D eigenvalue weighted by atomic mass is 16.4. The lowest BCUT2D eigenvalue weighted by atomic mass is 9.60. The molecule has 3 nitrogen and oxygen atoms in total. The molecule has 0 saturated carbocycles. The molecule has 2 unspecified atom stereocenters. The van der Waals surface area contributed by atoms with Crippen LogP contribution >= 0.6 is 0 Å². The monoisotopic (exact) mass is 364 g/mol. The number of carbonyl (C=O) groups is 2. The lowest BCUT2D eigenvalue weighted by Crippen LogP contribution is -2.49. The van der Waals surface area contributed by atoms with Crippen LogP contribution in [-0.4, -0.2) is 16.9 Å². The molecule has 0 amide bonds. The number of allylic oxidation sites excluding steroid dienone is 3. The van der Waals surface area contributed by atoms with E-state index in [1.807, 2.05) is 51.1 Å². The second-order valence-electron chi connectivity index (χ2n) is 7.76. The summed E-state index contributed by atoms with van der Waals surface area (Å²) in [4.78, 5) is 25.7. The van der Waals surface area contributed by atoms with Crippen molar-refractivity contribution in [1.29, 1.82) is 0 Å². The molecule has 0 aliphatic heterocycles. The fraction of sp³-hybridized carbons (Fsp3) is 0.333. The third-order valence-electron chi connectivity index (χ3n) is 5.70. The normalized spacial score (nSPS) is 15.4. The zero-order valence-electron chi connectivity index (χ0n) is 16.6. The van der Waals surface area contributed by atoms with E-state index >= 15 is 0 Å². The van der Waals surface area contributed by atoms with Crippen LogP contribution in [0.1, 0.15) is 50.9 Å². The minimum absolute atomic E-state index is 0.389. The summed E-state index contributed by atoms with van der Waals surface area (Å²) >= 11 is 0. The van der Waals surface area contributed by atoms with Crippen molar-refractivity contribution in [1.82, 2.24) is 0 Å². The van der Waals surface area contributed by atoms with E-state index in [0.29, 0.717) is 18.4 Å². The van der Waals surface area contributed by atoms with Crippen LogP contribution < -0.4 is 0 Å². The summed E-state index contributed by atoms with van der Waals surface area (Å²) in [6.45, 7) is 11.2. The smallest absolute Gasteiger partial charge is 0.318 e. The maximum Gasteiger partial charge on any atom is 0.318 e. The van der Waals surface area contributed by atoms with Gasteiger partial charge in [0.05, 0.1) is 0 Å². The molecule has 0 saturated heterocycles. The Balaban J connectivity index is 2.51. The minimum atomic E-state index is -1.60. The van der Waals surface area contributed by atoms with E-state index in [0.717, 1.165) is 10.8 Å². The second kappa shape index (κ2) is 7.91. The van der Waals surface area contributed by atoms with Crippen molar-refractivity contribution in [3.63, 3.8) is 0 Å². The number of aliphatic carboxylic acids is 1. The molecule has 1 N–H and O–H groups in total. The molecule has 0 spiro atoms. The molecular formula is C24H28O3. The van der Waals surface area contributed by atoms with Gasteiger partial charge < -0.3 is 5.11 Å². The number of benzene rings is 2. The zero-order valence-corrected chi connectivity index (χ0v) is 16.6. The van der Waals surface area contributed by atoms with Gasteiger partial charge in [0.2, 0.25) is 0 Å². The van der Waals surface area contributed by atoms with Crippen molar-refractivity contribution in [2.24, 2.45) is 10.8 Å². The summed E-state index contributed by atoms with van der Waals surface area (Å²) < 4.78 is 0. The molecule has 2 atom stereocenters. The van der Waals surface area contributed by atoms with E-state index in [2.05, 4.69) is 12.7 Å². The van der Waals surface area contributed by atoms with Crippen LogP contribution in [-0.2, 0) is 4.79 Å². The number of hydrogen-bond donors (Lipinski definition) is 1. The van der Waals surface area contributed by atoms with Crippen molar-refractivity contribution in [2.75, 3.05) is 0 Å². The van der Waals surface area contributed by atoms with Crippen molar-refractivity contribution in [3.8, 4) is 0 Å². The van der Waals surface area contributed by atoms with Crippen molar-refractivity contribution < 1.29 is 14.7 Å². The summed E-state index contributed by atoms with van der Waals surface area (Å²) in [6.07, 6.45) is 4.91.